The zero-order valence-corrected chi connectivity index (χ0v) is 11.8. The van der Waals surface area contributed by atoms with Crippen LogP contribution in [-0.2, 0) is 4.79 Å². The van der Waals surface area contributed by atoms with E-state index in [1.807, 2.05) is 0 Å². The van der Waals surface area contributed by atoms with Crippen LogP contribution in [0.5, 0.6) is 5.75 Å². The molecule has 1 saturated heterocycles. The molecule has 1 N–H and O–H groups in total. The molecule has 0 unspecified atom stereocenters. The molecule has 1 aliphatic rings. The van der Waals surface area contributed by atoms with Gasteiger partial charge in [0.15, 0.2) is 11.6 Å². The van der Waals surface area contributed by atoms with Crippen LogP contribution >= 0.6 is 0 Å². The van der Waals surface area contributed by atoms with Crippen LogP contribution in [0.1, 0.15) is 29.6 Å². The molecule has 1 heterocycles. The van der Waals surface area contributed by atoms with Gasteiger partial charge in [-0.3, -0.25) is 9.59 Å². The molecule has 114 valence electrons. The van der Waals surface area contributed by atoms with E-state index >= 15 is 0 Å². The number of halogens is 1. The largest absolute Gasteiger partial charge is 0.494 e. The number of hydrogen-bond donors (Lipinski definition) is 1. The Morgan fingerprint density at radius 2 is 2.05 bits per heavy atom. The molecular formula is C15H18FNO4. The van der Waals surface area contributed by atoms with Gasteiger partial charge in [0.1, 0.15) is 0 Å². The van der Waals surface area contributed by atoms with Gasteiger partial charge in [-0.15, -0.1) is 0 Å². The minimum Gasteiger partial charge on any atom is -0.494 e. The molecule has 1 amide bonds. The number of carbonyl (C=O) groups excluding carboxylic acids is 1. The predicted molar refractivity (Wildman–Crippen MR) is 73.8 cm³/mol. The number of likely N-dealkylation sites (tertiary alicyclic amines) is 1. The molecule has 0 aliphatic carbocycles. The fourth-order valence-corrected chi connectivity index (χ4v) is 2.56. The number of aliphatic carboxylic acids is 1. The zero-order valence-electron chi connectivity index (χ0n) is 11.8. The van der Waals surface area contributed by atoms with E-state index in [0.29, 0.717) is 31.5 Å². The summed E-state index contributed by atoms with van der Waals surface area (Å²) in [5.41, 5.74) is 0.380. The first-order valence-electron chi connectivity index (χ1n) is 6.86. The lowest BCUT2D eigenvalue weighted by molar-refractivity contribution is -0.138. The standard InChI is InChI=1S/C15H18FNO4/c1-21-13-9-11(2-3-12(13)16)15(20)17-6-4-10(5-7-17)8-14(18)19/h2-3,9-10H,4-8H2,1H3,(H,18,19). The van der Waals surface area contributed by atoms with Crippen molar-refractivity contribution >= 4 is 11.9 Å². The number of amides is 1. The molecule has 0 spiro atoms. The first-order chi connectivity index (χ1) is 10.0. The van der Waals surface area contributed by atoms with Crippen molar-refractivity contribution in [2.75, 3.05) is 20.2 Å². The second kappa shape index (κ2) is 6.56. The number of benzene rings is 1. The number of piperidine rings is 1. The average molecular weight is 295 g/mol. The number of nitrogens with zero attached hydrogens (tertiary/aromatic N) is 1. The lowest BCUT2D eigenvalue weighted by Gasteiger charge is -2.31. The summed E-state index contributed by atoms with van der Waals surface area (Å²) in [5, 5.41) is 8.77. The smallest absolute Gasteiger partial charge is 0.303 e. The molecular weight excluding hydrogens is 277 g/mol. The topological polar surface area (TPSA) is 66.8 Å². The van der Waals surface area contributed by atoms with Crippen LogP contribution in [0.2, 0.25) is 0 Å². The Labute approximate surface area is 122 Å². The summed E-state index contributed by atoms with van der Waals surface area (Å²) in [6.45, 7) is 1.05. The highest BCUT2D eigenvalue weighted by molar-refractivity contribution is 5.94. The maximum atomic E-state index is 13.3. The molecule has 5 nitrogen and oxygen atoms in total. The normalized spacial score (nSPS) is 15.8. The number of ether oxygens (including phenoxy) is 1. The summed E-state index contributed by atoms with van der Waals surface area (Å²) in [7, 11) is 1.35. The van der Waals surface area contributed by atoms with Crippen molar-refractivity contribution in [3.05, 3.63) is 29.6 Å². The minimum absolute atomic E-state index is 0.0432. The summed E-state index contributed by atoms with van der Waals surface area (Å²) in [5.74, 6) is -1.32. The third kappa shape index (κ3) is 3.71. The molecule has 0 atom stereocenters. The Morgan fingerprint density at radius 1 is 1.38 bits per heavy atom. The monoisotopic (exact) mass is 295 g/mol. The molecule has 1 aromatic rings. The lowest BCUT2D eigenvalue weighted by atomic mass is 9.93. The molecule has 21 heavy (non-hydrogen) atoms. The molecule has 0 bridgehead atoms. The lowest BCUT2D eigenvalue weighted by Crippen LogP contribution is -2.38. The van der Waals surface area contributed by atoms with Gasteiger partial charge in [-0.1, -0.05) is 0 Å². The van der Waals surface area contributed by atoms with Gasteiger partial charge in [0.2, 0.25) is 0 Å². The Balaban J connectivity index is 2.00. The second-order valence-electron chi connectivity index (χ2n) is 5.18. The van der Waals surface area contributed by atoms with Gasteiger partial charge in [-0.05, 0) is 37.0 Å². The Morgan fingerprint density at radius 3 is 2.62 bits per heavy atom. The number of carboxylic acid groups (broad SMARTS) is 1. The maximum absolute atomic E-state index is 13.3. The molecule has 1 aliphatic heterocycles. The summed E-state index contributed by atoms with van der Waals surface area (Å²) >= 11 is 0. The van der Waals surface area contributed by atoms with Crippen LogP contribution in [0.3, 0.4) is 0 Å². The summed E-state index contributed by atoms with van der Waals surface area (Å²) in [6, 6.07) is 4.04. The number of carbonyl (C=O) groups is 2. The van der Waals surface area contributed by atoms with Crippen molar-refractivity contribution < 1.29 is 23.8 Å². The molecule has 2 rings (SSSR count). The first kappa shape index (κ1) is 15.3. The van der Waals surface area contributed by atoms with E-state index < -0.39 is 11.8 Å². The van der Waals surface area contributed by atoms with Gasteiger partial charge in [-0.25, -0.2) is 4.39 Å². The van der Waals surface area contributed by atoms with E-state index in [9.17, 15) is 14.0 Å². The van der Waals surface area contributed by atoms with Gasteiger partial charge in [0.05, 0.1) is 7.11 Å². The number of rotatable bonds is 4. The van der Waals surface area contributed by atoms with Crippen molar-refractivity contribution in [1.29, 1.82) is 0 Å². The fraction of sp³-hybridized carbons (Fsp3) is 0.467. The predicted octanol–water partition coefficient (Wildman–Crippen LogP) is 2.16. The minimum atomic E-state index is -0.803. The van der Waals surface area contributed by atoms with E-state index in [2.05, 4.69) is 0 Å². The molecule has 0 radical (unpaired) electrons. The van der Waals surface area contributed by atoms with Crippen LogP contribution in [0, 0.1) is 11.7 Å². The Kier molecular flexibility index (Phi) is 4.77. The Hall–Kier alpha value is -2.11. The van der Waals surface area contributed by atoms with Gasteiger partial charge >= 0.3 is 5.97 Å². The van der Waals surface area contributed by atoms with Crippen molar-refractivity contribution in [3.63, 3.8) is 0 Å². The SMILES string of the molecule is COc1cc(C(=O)N2CCC(CC(=O)O)CC2)ccc1F. The highest BCUT2D eigenvalue weighted by Gasteiger charge is 2.25. The number of hydrogen-bond acceptors (Lipinski definition) is 3. The molecule has 1 aromatic carbocycles. The van der Waals surface area contributed by atoms with E-state index in [-0.39, 0.29) is 24.0 Å². The van der Waals surface area contributed by atoms with Crippen LogP contribution in [0.15, 0.2) is 18.2 Å². The van der Waals surface area contributed by atoms with E-state index in [0.717, 1.165) is 0 Å². The van der Waals surface area contributed by atoms with Gasteiger partial charge in [-0.2, -0.15) is 0 Å². The van der Waals surface area contributed by atoms with E-state index in [4.69, 9.17) is 9.84 Å². The van der Waals surface area contributed by atoms with Crippen molar-refractivity contribution in [3.8, 4) is 5.75 Å². The molecule has 1 fully saturated rings. The third-order valence-corrected chi connectivity index (χ3v) is 3.76. The third-order valence-electron chi connectivity index (χ3n) is 3.76. The van der Waals surface area contributed by atoms with Gasteiger partial charge in [0, 0.05) is 25.1 Å². The maximum Gasteiger partial charge on any atom is 0.303 e. The van der Waals surface area contributed by atoms with Crippen LogP contribution < -0.4 is 4.74 Å². The Bertz CT molecular complexity index is 538. The van der Waals surface area contributed by atoms with E-state index in [1.165, 1.54) is 25.3 Å². The van der Waals surface area contributed by atoms with Crippen LogP contribution in [-0.4, -0.2) is 42.1 Å². The zero-order chi connectivity index (χ0) is 15.4. The summed E-state index contributed by atoms with van der Waals surface area (Å²) < 4.78 is 18.2. The summed E-state index contributed by atoms with van der Waals surface area (Å²) in [6.07, 6.45) is 1.50. The van der Waals surface area contributed by atoms with Crippen molar-refractivity contribution in [1.82, 2.24) is 4.90 Å². The average Bonchev–Trinajstić information content (AvgIpc) is 2.47. The fourth-order valence-electron chi connectivity index (χ4n) is 2.56. The van der Waals surface area contributed by atoms with Gasteiger partial charge < -0.3 is 14.7 Å². The van der Waals surface area contributed by atoms with E-state index in [1.54, 1.807) is 4.90 Å². The molecule has 0 aromatic heterocycles. The second-order valence-corrected chi connectivity index (χ2v) is 5.18. The first-order valence-corrected chi connectivity index (χ1v) is 6.86. The number of carboxylic acids is 1. The van der Waals surface area contributed by atoms with Crippen LogP contribution in [0.4, 0.5) is 4.39 Å². The number of methoxy groups -OCH3 is 1. The molecule has 6 heteroatoms. The van der Waals surface area contributed by atoms with Gasteiger partial charge in [0.25, 0.3) is 5.91 Å². The van der Waals surface area contributed by atoms with Crippen molar-refractivity contribution in [2.24, 2.45) is 5.92 Å². The van der Waals surface area contributed by atoms with Crippen LogP contribution in [0.25, 0.3) is 0 Å². The molecule has 0 saturated carbocycles. The van der Waals surface area contributed by atoms with Crippen molar-refractivity contribution in [2.45, 2.75) is 19.3 Å². The summed E-state index contributed by atoms with van der Waals surface area (Å²) in [4.78, 5) is 24.7. The highest BCUT2D eigenvalue weighted by Crippen LogP contribution is 2.24. The highest BCUT2D eigenvalue weighted by atomic mass is 19.1. The quantitative estimate of drug-likeness (QED) is 0.924.